The van der Waals surface area contributed by atoms with Crippen LogP contribution in [-0.2, 0) is 24.5 Å². The van der Waals surface area contributed by atoms with E-state index in [1.54, 1.807) is 0 Å². The summed E-state index contributed by atoms with van der Waals surface area (Å²) in [5, 5.41) is 11.7. The Kier molecular flexibility index (Phi) is 6.78. The van der Waals surface area contributed by atoms with E-state index in [9.17, 15) is 14.1 Å². The lowest BCUT2D eigenvalue weighted by molar-refractivity contribution is 0.0686. The molecule has 2 aromatic carbocycles. The molecule has 1 fully saturated rings. The largest absolute Gasteiger partial charge is 0.477 e. The molecule has 0 amide bonds. The third-order valence-corrected chi connectivity index (χ3v) is 8.11. The van der Waals surface area contributed by atoms with Crippen molar-refractivity contribution in [3.05, 3.63) is 53.9 Å². The van der Waals surface area contributed by atoms with E-state index < -0.39 is 17.0 Å². The van der Waals surface area contributed by atoms with Gasteiger partial charge in [-0.2, -0.15) is 0 Å². The van der Waals surface area contributed by atoms with E-state index in [0.717, 1.165) is 38.9 Å². The topological polar surface area (TPSA) is 71.3 Å². The summed E-state index contributed by atoms with van der Waals surface area (Å²) in [7, 11) is 0.506. The molecule has 1 aliphatic carbocycles. The van der Waals surface area contributed by atoms with Gasteiger partial charge in [-0.1, -0.05) is 62.4 Å². The Hall–Kier alpha value is -2.44. The highest BCUT2D eigenvalue weighted by molar-refractivity contribution is 7.83. The molecular weight excluding hydrogens is 432 g/mol. The van der Waals surface area contributed by atoms with E-state index >= 15 is 0 Å². The SMILES string of the molecule is Cn1c(C(=O)O)cc(-c2ccc(S(=O)NC(C)(C)C)c3ccccc23)c1CC1CCCCC1. The number of rotatable bonds is 6. The van der Waals surface area contributed by atoms with Crippen molar-refractivity contribution >= 4 is 27.7 Å². The summed E-state index contributed by atoms with van der Waals surface area (Å²) < 4.78 is 18.1. The van der Waals surface area contributed by atoms with Gasteiger partial charge in [0.1, 0.15) is 16.7 Å². The molecule has 0 aliphatic heterocycles. The van der Waals surface area contributed by atoms with Gasteiger partial charge in [-0.25, -0.2) is 13.7 Å². The van der Waals surface area contributed by atoms with Crippen LogP contribution >= 0.6 is 0 Å². The molecule has 1 atom stereocenters. The fraction of sp³-hybridized carbons (Fsp3) is 0.444. The lowest BCUT2D eigenvalue weighted by Crippen LogP contribution is -2.37. The fourth-order valence-electron chi connectivity index (χ4n) is 4.99. The van der Waals surface area contributed by atoms with E-state index in [0.29, 0.717) is 11.6 Å². The van der Waals surface area contributed by atoms with Crippen LogP contribution in [0.5, 0.6) is 0 Å². The zero-order valence-corrected chi connectivity index (χ0v) is 20.8. The highest BCUT2D eigenvalue weighted by Gasteiger charge is 2.24. The van der Waals surface area contributed by atoms with Crippen LogP contribution in [0.1, 0.15) is 69.1 Å². The highest BCUT2D eigenvalue weighted by atomic mass is 32.2. The van der Waals surface area contributed by atoms with E-state index in [1.165, 1.54) is 32.1 Å². The van der Waals surface area contributed by atoms with Crippen LogP contribution in [0.4, 0.5) is 0 Å². The maximum Gasteiger partial charge on any atom is 0.352 e. The lowest BCUT2D eigenvalue weighted by atomic mass is 9.84. The summed E-state index contributed by atoms with van der Waals surface area (Å²) in [5.74, 6) is -0.327. The normalized spacial score (nSPS) is 16.2. The first-order valence-corrected chi connectivity index (χ1v) is 12.9. The molecule has 1 aromatic heterocycles. The molecule has 6 heteroatoms. The molecule has 0 saturated heterocycles. The molecule has 176 valence electrons. The molecule has 1 saturated carbocycles. The number of nitrogens with zero attached hydrogens (tertiary/aromatic N) is 1. The quantitative estimate of drug-likeness (QED) is 0.463. The lowest BCUT2D eigenvalue weighted by Gasteiger charge is -2.23. The number of carbonyl (C=O) groups is 1. The predicted octanol–water partition coefficient (Wildman–Crippen LogP) is 6.08. The molecule has 33 heavy (non-hydrogen) atoms. The van der Waals surface area contributed by atoms with Crippen molar-refractivity contribution in [2.24, 2.45) is 13.0 Å². The number of hydrogen-bond acceptors (Lipinski definition) is 2. The summed E-state index contributed by atoms with van der Waals surface area (Å²) in [6, 6.07) is 13.7. The minimum atomic E-state index is -1.36. The van der Waals surface area contributed by atoms with E-state index in [1.807, 2.05) is 74.9 Å². The van der Waals surface area contributed by atoms with Crippen LogP contribution in [0.15, 0.2) is 47.4 Å². The molecule has 3 aromatic rings. The first-order valence-electron chi connectivity index (χ1n) is 11.8. The predicted molar refractivity (Wildman–Crippen MR) is 135 cm³/mol. The smallest absolute Gasteiger partial charge is 0.352 e. The zero-order valence-electron chi connectivity index (χ0n) is 20.0. The van der Waals surface area contributed by atoms with Gasteiger partial charge in [0.15, 0.2) is 0 Å². The van der Waals surface area contributed by atoms with Gasteiger partial charge < -0.3 is 9.67 Å². The Balaban J connectivity index is 1.85. The summed E-state index contributed by atoms with van der Waals surface area (Å²) in [4.78, 5) is 12.7. The fourth-order valence-corrected chi connectivity index (χ4v) is 6.23. The molecule has 0 radical (unpaired) electrons. The van der Waals surface area contributed by atoms with Gasteiger partial charge >= 0.3 is 5.97 Å². The molecule has 1 unspecified atom stereocenters. The molecular formula is C27H34N2O3S. The van der Waals surface area contributed by atoms with Crippen LogP contribution in [0.2, 0.25) is 0 Å². The van der Waals surface area contributed by atoms with Crippen LogP contribution in [0, 0.1) is 5.92 Å². The highest BCUT2D eigenvalue weighted by Crippen LogP contribution is 2.38. The van der Waals surface area contributed by atoms with Crippen LogP contribution in [-0.4, -0.2) is 25.4 Å². The molecule has 1 heterocycles. The number of fused-ring (bicyclic) bond motifs is 1. The van der Waals surface area contributed by atoms with E-state index in [4.69, 9.17) is 0 Å². The van der Waals surface area contributed by atoms with Crippen molar-refractivity contribution in [1.29, 1.82) is 0 Å². The molecule has 0 spiro atoms. The third-order valence-electron chi connectivity index (χ3n) is 6.56. The number of aromatic carboxylic acids is 1. The number of nitrogens with one attached hydrogen (secondary N) is 1. The van der Waals surface area contributed by atoms with Crippen molar-refractivity contribution in [2.75, 3.05) is 0 Å². The second kappa shape index (κ2) is 9.43. The molecule has 2 N–H and O–H groups in total. The molecule has 5 nitrogen and oxygen atoms in total. The Bertz CT molecular complexity index is 1200. The Morgan fingerprint density at radius 3 is 2.36 bits per heavy atom. The van der Waals surface area contributed by atoms with Crippen LogP contribution in [0.25, 0.3) is 21.9 Å². The van der Waals surface area contributed by atoms with Gasteiger partial charge in [0.25, 0.3) is 0 Å². The van der Waals surface area contributed by atoms with Gasteiger partial charge in [0.05, 0.1) is 4.90 Å². The second-order valence-electron chi connectivity index (χ2n) is 10.2. The number of aromatic nitrogens is 1. The maximum atomic E-state index is 13.1. The summed E-state index contributed by atoms with van der Waals surface area (Å²) in [6.07, 6.45) is 7.07. The number of carboxylic acids is 1. The van der Waals surface area contributed by atoms with Crippen molar-refractivity contribution in [1.82, 2.24) is 9.29 Å². The van der Waals surface area contributed by atoms with E-state index in [2.05, 4.69) is 4.72 Å². The number of carboxylic acid groups (broad SMARTS) is 1. The monoisotopic (exact) mass is 466 g/mol. The summed E-state index contributed by atoms with van der Waals surface area (Å²) >= 11 is 0. The molecule has 4 rings (SSSR count). The van der Waals surface area contributed by atoms with Crippen molar-refractivity contribution in [3.63, 3.8) is 0 Å². The van der Waals surface area contributed by atoms with Crippen LogP contribution in [0.3, 0.4) is 0 Å². The summed E-state index contributed by atoms with van der Waals surface area (Å²) in [5.41, 5.74) is 3.06. The van der Waals surface area contributed by atoms with Crippen molar-refractivity contribution in [2.45, 2.75) is 69.7 Å². The number of hydrogen-bond donors (Lipinski definition) is 2. The van der Waals surface area contributed by atoms with Crippen molar-refractivity contribution < 1.29 is 14.1 Å². The Morgan fingerprint density at radius 2 is 1.73 bits per heavy atom. The minimum absolute atomic E-state index is 0.284. The maximum absolute atomic E-state index is 13.1. The third kappa shape index (κ3) is 5.07. The van der Waals surface area contributed by atoms with Gasteiger partial charge in [-0.3, -0.25) is 0 Å². The van der Waals surface area contributed by atoms with E-state index in [-0.39, 0.29) is 5.54 Å². The summed E-state index contributed by atoms with van der Waals surface area (Å²) in [6.45, 7) is 5.99. The van der Waals surface area contributed by atoms with Crippen LogP contribution < -0.4 is 4.72 Å². The first-order chi connectivity index (χ1) is 15.7. The Labute approximate surface area is 198 Å². The van der Waals surface area contributed by atoms with Gasteiger partial charge in [-0.05, 0) is 61.6 Å². The van der Waals surface area contributed by atoms with Gasteiger partial charge in [0, 0.05) is 23.8 Å². The molecule has 0 bridgehead atoms. The standard InChI is InChI=1S/C27H34N2O3S/c1-27(2,3)28-33(32)25-15-14-20(19-12-8-9-13-21(19)25)22-17-24(26(30)31)29(4)23(22)16-18-10-6-5-7-11-18/h8-9,12-15,17-18,28H,5-7,10-11,16H2,1-4H3,(H,30,31). The second-order valence-corrected chi connectivity index (χ2v) is 11.4. The Morgan fingerprint density at radius 1 is 1.06 bits per heavy atom. The van der Waals surface area contributed by atoms with Crippen molar-refractivity contribution in [3.8, 4) is 11.1 Å². The van der Waals surface area contributed by atoms with Gasteiger partial charge in [-0.15, -0.1) is 0 Å². The van der Waals surface area contributed by atoms with Gasteiger partial charge in [0.2, 0.25) is 0 Å². The first kappa shape index (κ1) is 23.7. The zero-order chi connectivity index (χ0) is 23.8. The average Bonchev–Trinajstić information content (AvgIpc) is 3.08. The average molecular weight is 467 g/mol. The molecule has 1 aliphatic rings. The number of benzene rings is 2. The minimum Gasteiger partial charge on any atom is -0.477 e.